The van der Waals surface area contributed by atoms with E-state index in [9.17, 15) is 9.59 Å². The fourth-order valence-electron chi connectivity index (χ4n) is 1.69. The number of esters is 1. The van der Waals surface area contributed by atoms with Crippen LogP contribution in [0, 0.1) is 0 Å². The standard InChI is InChI=1S/C15H22N2O4/c1-4-9-17-14(18)10(3)21-15(19)11-7-6-8-12(16)13(11)20-5-2/h6-8,10H,4-5,9,16H2,1-3H3,(H,17,18). The van der Waals surface area contributed by atoms with Gasteiger partial charge in [-0.25, -0.2) is 4.79 Å². The highest BCUT2D eigenvalue weighted by molar-refractivity contribution is 5.96. The third-order valence-corrected chi connectivity index (χ3v) is 2.76. The van der Waals surface area contributed by atoms with Crippen LogP contribution >= 0.6 is 0 Å². The fraction of sp³-hybridized carbons (Fsp3) is 0.467. The third kappa shape index (κ3) is 4.66. The first-order valence-electron chi connectivity index (χ1n) is 7.01. The Balaban J connectivity index is 2.80. The molecule has 1 aromatic carbocycles. The minimum atomic E-state index is -0.875. The van der Waals surface area contributed by atoms with E-state index in [4.69, 9.17) is 15.2 Å². The van der Waals surface area contributed by atoms with Crippen LogP contribution in [0.25, 0.3) is 0 Å². The molecule has 0 saturated heterocycles. The zero-order chi connectivity index (χ0) is 15.8. The van der Waals surface area contributed by atoms with Crippen molar-refractivity contribution in [2.24, 2.45) is 0 Å². The summed E-state index contributed by atoms with van der Waals surface area (Å²) in [7, 11) is 0. The summed E-state index contributed by atoms with van der Waals surface area (Å²) in [5.41, 5.74) is 6.36. The molecule has 1 atom stereocenters. The van der Waals surface area contributed by atoms with Crippen LogP contribution in [0.4, 0.5) is 5.69 Å². The molecular weight excluding hydrogens is 272 g/mol. The number of para-hydroxylation sites is 1. The SMILES string of the molecule is CCCNC(=O)C(C)OC(=O)c1cccc(N)c1OCC. The zero-order valence-corrected chi connectivity index (χ0v) is 12.6. The highest BCUT2D eigenvalue weighted by Crippen LogP contribution is 2.27. The molecule has 0 fully saturated rings. The molecule has 116 valence electrons. The molecule has 1 amide bonds. The molecule has 0 heterocycles. The summed E-state index contributed by atoms with van der Waals surface area (Å²) in [4.78, 5) is 23.8. The Bertz CT molecular complexity index is 502. The maximum absolute atomic E-state index is 12.1. The maximum Gasteiger partial charge on any atom is 0.342 e. The Morgan fingerprint density at radius 3 is 2.67 bits per heavy atom. The van der Waals surface area contributed by atoms with Gasteiger partial charge in [-0.2, -0.15) is 0 Å². The number of nitrogens with two attached hydrogens (primary N) is 1. The van der Waals surface area contributed by atoms with Crippen molar-refractivity contribution < 1.29 is 19.1 Å². The Morgan fingerprint density at radius 2 is 2.05 bits per heavy atom. The molecule has 1 aromatic rings. The molecule has 21 heavy (non-hydrogen) atoms. The molecule has 6 heteroatoms. The molecule has 0 aliphatic heterocycles. The number of anilines is 1. The van der Waals surface area contributed by atoms with E-state index in [1.165, 1.54) is 6.92 Å². The van der Waals surface area contributed by atoms with Crippen LogP contribution in [0.2, 0.25) is 0 Å². The summed E-state index contributed by atoms with van der Waals surface area (Å²) >= 11 is 0. The highest BCUT2D eigenvalue weighted by Gasteiger charge is 2.22. The zero-order valence-electron chi connectivity index (χ0n) is 12.6. The van der Waals surface area contributed by atoms with Crippen molar-refractivity contribution >= 4 is 17.6 Å². The predicted octanol–water partition coefficient (Wildman–Crippen LogP) is 1.74. The number of nitrogens with one attached hydrogen (secondary N) is 1. The predicted molar refractivity (Wildman–Crippen MR) is 80.2 cm³/mol. The second-order valence-electron chi connectivity index (χ2n) is 4.50. The van der Waals surface area contributed by atoms with Gasteiger partial charge >= 0.3 is 5.97 Å². The van der Waals surface area contributed by atoms with E-state index in [-0.39, 0.29) is 17.2 Å². The van der Waals surface area contributed by atoms with Gasteiger partial charge in [0.05, 0.1) is 12.3 Å². The molecular formula is C15H22N2O4. The fourth-order valence-corrected chi connectivity index (χ4v) is 1.69. The molecule has 1 unspecified atom stereocenters. The van der Waals surface area contributed by atoms with E-state index in [1.54, 1.807) is 25.1 Å². The molecule has 6 nitrogen and oxygen atoms in total. The Hall–Kier alpha value is -2.24. The van der Waals surface area contributed by atoms with Crippen molar-refractivity contribution in [3.63, 3.8) is 0 Å². The van der Waals surface area contributed by atoms with E-state index >= 15 is 0 Å². The average molecular weight is 294 g/mol. The number of rotatable bonds is 7. The van der Waals surface area contributed by atoms with Gasteiger partial charge in [-0.1, -0.05) is 13.0 Å². The molecule has 3 N–H and O–H groups in total. The number of carbonyl (C=O) groups excluding carboxylic acids is 2. The molecule has 0 saturated carbocycles. The van der Waals surface area contributed by atoms with Gasteiger partial charge in [0.1, 0.15) is 5.56 Å². The van der Waals surface area contributed by atoms with Gasteiger partial charge in [-0.3, -0.25) is 4.79 Å². The van der Waals surface area contributed by atoms with Crippen LogP contribution in [-0.2, 0) is 9.53 Å². The van der Waals surface area contributed by atoms with Gasteiger partial charge in [0.15, 0.2) is 11.9 Å². The van der Waals surface area contributed by atoms with Crippen LogP contribution < -0.4 is 15.8 Å². The number of nitrogen functional groups attached to an aromatic ring is 1. The van der Waals surface area contributed by atoms with Crippen molar-refractivity contribution in [3.8, 4) is 5.75 Å². The number of hydrogen-bond acceptors (Lipinski definition) is 5. The third-order valence-electron chi connectivity index (χ3n) is 2.76. The van der Waals surface area contributed by atoms with Gasteiger partial charge in [0.2, 0.25) is 0 Å². The lowest BCUT2D eigenvalue weighted by molar-refractivity contribution is -0.129. The first-order valence-corrected chi connectivity index (χ1v) is 7.01. The van der Waals surface area contributed by atoms with E-state index in [1.807, 2.05) is 6.92 Å². The minimum absolute atomic E-state index is 0.215. The van der Waals surface area contributed by atoms with Crippen molar-refractivity contribution in [1.29, 1.82) is 0 Å². The lowest BCUT2D eigenvalue weighted by atomic mass is 10.1. The Kier molecular flexibility index (Phi) is 6.52. The molecule has 0 aromatic heterocycles. The molecule has 0 aliphatic carbocycles. The largest absolute Gasteiger partial charge is 0.491 e. The monoisotopic (exact) mass is 294 g/mol. The van der Waals surface area contributed by atoms with Crippen molar-refractivity contribution in [1.82, 2.24) is 5.32 Å². The highest BCUT2D eigenvalue weighted by atomic mass is 16.5. The maximum atomic E-state index is 12.1. The van der Waals surface area contributed by atoms with E-state index in [0.29, 0.717) is 18.8 Å². The lowest BCUT2D eigenvalue weighted by Crippen LogP contribution is -2.36. The molecule has 0 radical (unpaired) electrons. The summed E-state index contributed by atoms with van der Waals surface area (Å²) < 4.78 is 10.5. The second-order valence-corrected chi connectivity index (χ2v) is 4.50. The van der Waals surface area contributed by atoms with Crippen LogP contribution in [0.15, 0.2) is 18.2 Å². The average Bonchev–Trinajstić information content (AvgIpc) is 2.46. The number of ether oxygens (including phenoxy) is 2. The number of amides is 1. The molecule has 1 rings (SSSR count). The normalized spacial score (nSPS) is 11.6. The molecule has 0 spiro atoms. The van der Waals surface area contributed by atoms with Crippen molar-refractivity contribution in [2.45, 2.75) is 33.3 Å². The molecule has 0 bridgehead atoms. The Morgan fingerprint density at radius 1 is 1.33 bits per heavy atom. The summed E-state index contributed by atoms with van der Waals surface area (Å²) in [6, 6.07) is 4.83. The van der Waals surface area contributed by atoms with Gasteiger partial charge in [-0.15, -0.1) is 0 Å². The van der Waals surface area contributed by atoms with Crippen LogP contribution in [0.1, 0.15) is 37.6 Å². The molecule has 0 aliphatic rings. The van der Waals surface area contributed by atoms with Gasteiger partial charge in [-0.05, 0) is 32.4 Å². The van der Waals surface area contributed by atoms with Crippen LogP contribution in [-0.4, -0.2) is 31.1 Å². The lowest BCUT2D eigenvalue weighted by Gasteiger charge is -2.15. The summed E-state index contributed by atoms with van der Waals surface area (Å²) in [5, 5.41) is 2.67. The second kappa shape index (κ2) is 8.14. The summed E-state index contributed by atoms with van der Waals surface area (Å²) in [6.07, 6.45) is -0.0595. The van der Waals surface area contributed by atoms with E-state index in [2.05, 4.69) is 5.32 Å². The number of hydrogen-bond donors (Lipinski definition) is 2. The quantitative estimate of drug-likeness (QED) is 0.590. The Labute approximate surface area is 124 Å². The topological polar surface area (TPSA) is 90.7 Å². The van der Waals surface area contributed by atoms with Crippen molar-refractivity contribution in [2.75, 3.05) is 18.9 Å². The van der Waals surface area contributed by atoms with E-state index in [0.717, 1.165) is 6.42 Å². The van der Waals surface area contributed by atoms with E-state index < -0.39 is 12.1 Å². The van der Waals surface area contributed by atoms with Crippen LogP contribution in [0.3, 0.4) is 0 Å². The van der Waals surface area contributed by atoms with Crippen LogP contribution in [0.5, 0.6) is 5.75 Å². The smallest absolute Gasteiger partial charge is 0.342 e. The van der Waals surface area contributed by atoms with Gasteiger partial charge in [0.25, 0.3) is 5.91 Å². The van der Waals surface area contributed by atoms with Gasteiger partial charge < -0.3 is 20.5 Å². The summed E-state index contributed by atoms with van der Waals surface area (Å²) in [5.74, 6) is -0.678. The number of carbonyl (C=O) groups is 2. The van der Waals surface area contributed by atoms with Crippen molar-refractivity contribution in [3.05, 3.63) is 23.8 Å². The minimum Gasteiger partial charge on any atom is -0.491 e. The first kappa shape index (κ1) is 16.8. The first-order chi connectivity index (χ1) is 10.0. The number of benzene rings is 1. The van der Waals surface area contributed by atoms with Gasteiger partial charge in [0, 0.05) is 6.54 Å². The summed E-state index contributed by atoms with van der Waals surface area (Å²) in [6.45, 7) is 6.18.